The molecule has 0 aromatic heterocycles. The molecule has 11 atom stereocenters. The number of amides is 8. The number of unbranched alkanes of at least 4 members (excludes halogenated alkanes) is 1. The Morgan fingerprint density at radius 2 is 0.912 bits per heavy atom. The molecular weight excluding hydrogens is 897 g/mol. The summed E-state index contributed by atoms with van der Waals surface area (Å²) in [5, 5.41) is 68.1. The van der Waals surface area contributed by atoms with Gasteiger partial charge in [0.05, 0.1) is 25.7 Å². The number of rotatable bonds is 33. The third kappa shape index (κ3) is 22.5. The van der Waals surface area contributed by atoms with Gasteiger partial charge in [0, 0.05) is 0 Å². The predicted molar refractivity (Wildman–Crippen MR) is 245 cm³/mol. The molecule has 0 aliphatic heterocycles. The quantitative estimate of drug-likeness (QED) is 0.0279. The van der Waals surface area contributed by atoms with Gasteiger partial charge in [0.25, 0.3) is 0 Å². The first kappa shape index (κ1) is 62.5. The van der Waals surface area contributed by atoms with E-state index in [1.165, 1.54) is 13.8 Å². The Kier molecular flexibility index (Phi) is 29.0. The van der Waals surface area contributed by atoms with E-state index < -0.39 is 151 Å². The molecule has 0 saturated heterocycles. The Morgan fingerprint density at radius 1 is 0.500 bits per heavy atom. The summed E-state index contributed by atoms with van der Waals surface area (Å²) in [7, 11) is 0. The molecule has 0 bridgehead atoms. The van der Waals surface area contributed by atoms with Crippen molar-refractivity contribution in [1.82, 2.24) is 42.5 Å². The second-order valence-electron chi connectivity index (χ2n) is 18.1. The molecule has 390 valence electrons. The van der Waals surface area contributed by atoms with E-state index in [9.17, 15) is 73.5 Å². The van der Waals surface area contributed by atoms with E-state index in [2.05, 4.69) is 42.5 Å². The van der Waals surface area contributed by atoms with Gasteiger partial charge in [0.1, 0.15) is 54.4 Å². The van der Waals surface area contributed by atoms with Crippen molar-refractivity contribution in [3.05, 3.63) is 0 Å². The van der Waals surface area contributed by atoms with Crippen molar-refractivity contribution in [3.63, 3.8) is 0 Å². The fourth-order valence-electron chi connectivity index (χ4n) is 6.56. The highest BCUT2D eigenvalue weighted by molar-refractivity contribution is 5.99. The smallest absolute Gasteiger partial charge is 0.326 e. The van der Waals surface area contributed by atoms with Gasteiger partial charge < -0.3 is 79.5 Å². The molecule has 11 unspecified atom stereocenters. The molecule has 25 heteroatoms. The van der Waals surface area contributed by atoms with Gasteiger partial charge in [-0.2, -0.15) is 0 Å². The van der Waals surface area contributed by atoms with Crippen LogP contribution >= 0.6 is 0 Å². The number of carboxylic acid groups (broad SMARTS) is 2. The van der Waals surface area contributed by atoms with Gasteiger partial charge in [0.2, 0.25) is 47.3 Å². The second kappa shape index (κ2) is 31.5. The van der Waals surface area contributed by atoms with E-state index >= 15 is 0 Å². The first-order valence-electron chi connectivity index (χ1n) is 22.9. The van der Waals surface area contributed by atoms with Gasteiger partial charge in [-0.1, -0.05) is 61.8 Å². The molecule has 0 aromatic carbocycles. The van der Waals surface area contributed by atoms with Crippen molar-refractivity contribution in [3.8, 4) is 0 Å². The van der Waals surface area contributed by atoms with Crippen LogP contribution in [0.3, 0.4) is 0 Å². The fraction of sp³-hybridized carbons (Fsp3) is 0.767. The van der Waals surface area contributed by atoms with E-state index in [4.69, 9.17) is 11.5 Å². The number of aliphatic carboxylic acids is 2. The minimum Gasteiger partial charge on any atom is -0.481 e. The van der Waals surface area contributed by atoms with Crippen LogP contribution in [0.4, 0.5) is 0 Å². The Labute approximate surface area is 397 Å². The van der Waals surface area contributed by atoms with Crippen molar-refractivity contribution < 1.29 is 73.5 Å². The highest BCUT2D eigenvalue weighted by Gasteiger charge is 2.37. The molecule has 8 amide bonds. The molecule has 17 N–H and O–H groups in total. The van der Waals surface area contributed by atoms with E-state index in [0.29, 0.717) is 19.3 Å². The number of aliphatic hydroxyl groups is 3. The Hall–Kier alpha value is -5.50. The number of carbonyl (C=O) groups is 10. The van der Waals surface area contributed by atoms with Crippen LogP contribution in [0.25, 0.3) is 0 Å². The maximum absolute atomic E-state index is 14.1. The van der Waals surface area contributed by atoms with Crippen LogP contribution in [0.5, 0.6) is 0 Å². The molecule has 0 rings (SSSR count). The minimum absolute atomic E-state index is 0.0123. The van der Waals surface area contributed by atoms with Crippen LogP contribution in [0.2, 0.25) is 0 Å². The molecule has 0 aliphatic rings. The second-order valence-corrected chi connectivity index (χ2v) is 18.1. The van der Waals surface area contributed by atoms with E-state index in [-0.39, 0.29) is 37.6 Å². The van der Waals surface area contributed by atoms with Crippen LogP contribution in [-0.4, -0.2) is 165 Å². The first-order chi connectivity index (χ1) is 31.6. The molecular formula is C43H78N10O15. The lowest BCUT2D eigenvalue weighted by Gasteiger charge is -2.30. The summed E-state index contributed by atoms with van der Waals surface area (Å²) in [6.45, 7) is 13.0. The summed E-state index contributed by atoms with van der Waals surface area (Å²) in [5.41, 5.74) is 11.3. The summed E-state index contributed by atoms with van der Waals surface area (Å²) < 4.78 is 0. The van der Waals surface area contributed by atoms with E-state index in [0.717, 1.165) is 6.92 Å². The predicted octanol–water partition coefficient (Wildman–Crippen LogP) is -3.96. The lowest BCUT2D eigenvalue weighted by molar-refractivity contribution is -0.145. The summed E-state index contributed by atoms with van der Waals surface area (Å²) in [6, 6.07) is -13.4. The Bertz CT molecular complexity index is 1700. The topological polar surface area (TPSA) is 420 Å². The molecule has 0 saturated carbocycles. The standard InChI is InChI=1S/C43H78N10O15/c1-10-23(8)33(52-36(60)26(13-11-12-14-44)46-40(64)30(19-55)50-38(62)27(15-20(2)3)47-35(59)25(45)18-54)41(65)49-28(16-21(4)5)37(61)48-29(17-31(57)58)39(63)53-34(24(9)56)42(66)51-32(22(6)7)43(67)68/h20-30,32-34,54-56H,10-19,44-45H2,1-9H3,(H,46,64)(H,47,59)(H,48,61)(H,49,65)(H,50,62)(H,51,66)(H,52,60)(H,53,63)(H,57,58)(H,67,68). The van der Waals surface area contributed by atoms with Crippen molar-refractivity contribution in [2.75, 3.05) is 19.8 Å². The van der Waals surface area contributed by atoms with E-state index in [1.807, 2.05) is 0 Å². The van der Waals surface area contributed by atoms with Crippen molar-refractivity contribution in [1.29, 1.82) is 0 Å². The zero-order valence-electron chi connectivity index (χ0n) is 40.6. The number of hydrogen-bond donors (Lipinski definition) is 15. The van der Waals surface area contributed by atoms with Crippen molar-refractivity contribution in [2.45, 2.75) is 168 Å². The number of aliphatic hydroxyl groups excluding tert-OH is 3. The summed E-state index contributed by atoms with van der Waals surface area (Å²) >= 11 is 0. The fourth-order valence-corrected chi connectivity index (χ4v) is 6.56. The maximum atomic E-state index is 14.1. The summed E-state index contributed by atoms with van der Waals surface area (Å²) in [5.74, 6) is -12.3. The molecule has 0 heterocycles. The highest BCUT2D eigenvalue weighted by Crippen LogP contribution is 2.14. The SMILES string of the molecule is CCC(C)C(NC(=O)C(CCCCN)NC(=O)C(CO)NC(=O)C(CC(C)C)NC(=O)C(N)CO)C(=O)NC(CC(C)C)C(=O)NC(CC(=O)O)C(=O)NC(C(=O)NC(C(=O)O)C(C)C)C(C)O. The summed E-state index contributed by atoms with van der Waals surface area (Å²) in [6.07, 6.45) is -1.57. The Balaban J connectivity index is 6.56. The van der Waals surface area contributed by atoms with Crippen LogP contribution in [0, 0.1) is 23.7 Å². The molecule has 25 nitrogen and oxygen atoms in total. The van der Waals surface area contributed by atoms with Crippen molar-refractivity contribution >= 4 is 59.2 Å². The molecule has 0 spiro atoms. The van der Waals surface area contributed by atoms with Gasteiger partial charge in [-0.3, -0.25) is 43.2 Å². The molecule has 0 aromatic rings. The third-order valence-corrected chi connectivity index (χ3v) is 10.7. The number of nitrogens with two attached hydrogens (primary N) is 2. The zero-order chi connectivity index (χ0) is 52.6. The number of hydrogen-bond acceptors (Lipinski definition) is 15. The van der Waals surface area contributed by atoms with Crippen LogP contribution in [0.15, 0.2) is 0 Å². The van der Waals surface area contributed by atoms with E-state index in [1.54, 1.807) is 41.5 Å². The molecule has 0 fully saturated rings. The normalized spacial score (nSPS) is 16.2. The molecule has 68 heavy (non-hydrogen) atoms. The lowest BCUT2D eigenvalue weighted by Crippen LogP contribution is -2.62. The van der Waals surface area contributed by atoms with Gasteiger partial charge in [-0.15, -0.1) is 0 Å². The van der Waals surface area contributed by atoms with Crippen molar-refractivity contribution in [2.24, 2.45) is 35.1 Å². The highest BCUT2D eigenvalue weighted by atomic mass is 16.4. The van der Waals surface area contributed by atoms with Crippen LogP contribution < -0.4 is 54.0 Å². The van der Waals surface area contributed by atoms with Crippen LogP contribution in [-0.2, 0) is 47.9 Å². The Morgan fingerprint density at radius 3 is 1.34 bits per heavy atom. The molecule has 0 aliphatic carbocycles. The number of nitrogens with one attached hydrogen (secondary N) is 8. The van der Waals surface area contributed by atoms with Gasteiger partial charge in [-0.05, 0) is 69.2 Å². The average molecular weight is 975 g/mol. The van der Waals surface area contributed by atoms with Crippen LogP contribution in [0.1, 0.15) is 107 Å². The van der Waals surface area contributed by atoms with Gasteiger partial charge in [0.15, 0.2) is 0 Å². The zero-order valence-corrected chi connectivity index (χ0v) is 40.6. The maximum Gasteiger partial charge on any atom is 0.326 e. The average Bonchev–Trinajstić information content (AvgIpc) is 3.25. The number of carboxylic acids is 2. The first-order valence-corrected chi connectivity index (χ1v) is 22.9. The van der Waals surface area contributed by atoms with Gasteiger partial charge in [-0.25, -0.2) is 4.79 Å². The van der Waals surface area contributed by atoms with Gasteiger partial charge >= 0.3 is 11.9 Å². The largest absolute Gasteiger partial charge is 0.481 e. The summed E-state index contributed by atoms with van der Waals surface area (Å²) in [4.78, 5) is 131. The monoisotopic (exact) mass is 975 g/mol. The molecule has 0 radical (unpaired) electrons. The lowest BCUT2D eigenvalue weighted by atomic mass is 9.96. The third-order valence-electron chi connectivity index (χ3n) is 10.7. The minimum atomic E-state index is -1.87. The number of carbonyl (C=O) groups excluding carboxylic acids is 8.